The number of aryl methyl sites for hydroxylation is 1. The summed E-state index contributed by atoms with van der Waals surface area (Å²) in [7, 11) is 0. The third-order valence-corrected chi connectivity index (χ3v) is 2.54. The first-order valence-corrected chi connectivity index (χ1v) is 5.58. The van der Waals surface area contributed by atoms with Crippen molar-refractivity contribution in [3.8, 4) is 5.75 Å². The first-order chi connectivity index (χ1) is 8.65. The van der Waals surface area contributed by atoms with E-state index < -0.39 is 4.92 Å². The monoisotopic (exact) mass is 243 g/mol. The summed E-state index contributed by atoms with van der Waals surface area (Å²) in [6, 6.07) is 14.1. The van der Waals surface area contributed by atoms with Crippen LogP contribution < -0.4 is 4.74 Å². The van der Waals surface area contributed by atoms with Crippen LogP contribution in [0.5, 0.6) is 5.75 Å². The van der Waals surface area contributed by atoms with Crippen LogP contribution in [0.25, 0.3) is 0 Å². The van der Waals surface area contributed by atoms with Crippen LogP contribution in [0.15, 0.2) is 48.5 Å². The Morgan fingerprint density at radius 3 is 2.50 bits per heavy atom. The highest BCUT2D eigenvalue weighted by Gasteiger charge is 2.04. The summed E-state index contributed by atoms with van der Waals surface area (Å²) >= 11 is 0. The molecule has 2 aromatic carbocycles. The van der Waals surface area contributed by atoms with Crippen molar-refractivity contribution in [3.63, 3.8) is 0 Å². The van der Waals surface area contributed by atoms with Gasteiger partial charge in [-0.1, -0.05) is 29.8 Å². The summed E-state index contributed by atoms with van der Waals surface area (Å²) < 4.78 is 5.56. The molecule has 0 aliphatic rings. The van der Waals surface area contributed by atoms with Crippen molar-refractivity contribution >= 4 is 5.69 Å². The van der Waals surface area contributed by atoms with E-state index >= 15 is 0 Å². The van der Waals surface area contributed by atoms with E-state index in [0.29, 0.717) is 12.4 Å². The lowest BCUT2D eigenvalue weighted by molar-refractivity contribution is -0.384. The Bertz CT molecular complexity index is 549. The third-order valence-electron chi connectivity index (χ3n) is 2.54. The van der Waals surface area contributed by atoms with Crippen molar-refractivity contribution in [1.29, 1.82) is 0 Å². The third kappa shape index (κ3) is 3.07. The standard InChI is InChI=1S/C14H13NO3/c1-11-3-2-4-12(9-11)10-18-14-7-5-13(6-8-14)15(16)17/h2-9H,10H2,1H3. The summed E-state index contributed by atoms with van der Waals surface area (Å²) in [5, 5.41) is 10.5. The van der Waals surface area contributed by atoms with Gasteiger partial charge in [-0.05, 0) is 24.6 Å². The van der Waals surface area contributed by atoms with Crippen LogP contribution in [0.2, 0.25) is 0 Å². The number of rotatable bonds is 4. The lowest BCUT2D eigenvalue weighted by atomic mass is 10.1. The molecular weight excluding hydrogens is 230 g/mol. The van der Waals surface area contributed by atoms with Crippen molar-refractivity contribution < 1.29 is 9.66 Å². The molecule has 0 amide bonds. The zero-order chi connectivity index (χ0) is 13.0. The van der Waals surface area contributed by atoms with E-state index in [1.165, 1.54) is 17.7 Å². The van der Waals surface area contributed by atoms with E-state index in [9.17, 15) is 10.1 Å². The van der Waals surface area contributed by atoms with Gasteiger partial charge in [0.15, 0.2) is 0 Å². The Labute approximate surface area is 105 Å². The number of nitrogens with zero attached hydrogens (tertiary/aromatic N) is 1. The molecule has 0 atom stereocenters. The number of non-ortho nitro benzene ring substituents is 1. The molecule has 0 aromatic heterocycles. The molecule has 0 fully saturated rings. The number of nitro groups is 1. The Kier molecular flexibility index (Phi) is 3.57. The zero-order valence-corrected chi connectivity index (χ0v) is 10.00. The van der Waals surface area contributed by atoms with Gasteiger partial charge in [0, 0.05) is 12.1 Å². The average Bonchev–Trinajstić information content (AvgIpc) is 2.37. The first kappa shape index (κ1) is 12.1. The van der Waals surface area contributed by atoms with Crippen molar-refractivity contribution in [2.45, 2.75) is 13.5 Å². The number of hydrogen-bond donors (Lipinski definition) is 0. The minimum Gasteiger partial charge on any atom is -0.489 e. The molecule has 0 saturated carbocycles. The van der Waals surface area contributed by atoms with Crippen molar-refractivity contribution in [2.75, 3.05) is 0 Å². The summed E-state index contributed by atoms with van der Waals surface area (Å²) in [5.74, 6) is 0.627. The van der Waals surface area contributed by atoms with Crippen LogP contribution in [-0.2, 0) is 6.61 Å². The molecule has 0 heterocycles. The van der Waals surface area contributed by atoms with E-state index in [0.717, 1.165) is 5.56 Å². The number of benzene rings is 2. The second-order valence-corrected chi connectivity index (χ2v) is 4.03. The lowest BCUT2D eigenvalue weighted by Crippen LogP contribution is -1.96. The zero-order valence-electron chi connectivity index (χ0n) is 10.00. The molecule has 0 bridgehead atoms. The molecule has 0 aliphatic carbocycles. The minimum absolute atomic E-state index is 0.0675. The molecular formula is C14H13NO3. The van der Waals surface area contributed by atoms with Gasteiger partial charge in [-0.2, -0.15) is 0 Å². The van der Waals surface area contributed by atoms with Gasteiger partial charge in [0.05, 0.1) is 4.92 Å². The topological polar surface area (TPSA) is 52.4 Å². The molecule has 92 valence electrons. The molecule has 18 heavy (non-hydrogen) atoms. The molecule has 2 rings (SSSR count). The van der Waals surface area contributed by atoms with Crippen LogP contribution in [0.3, 0.4) is 0 Å². The summed E-state index contributed by atoms with van der Waals surface area (Å²) in [6.07, 6.45) is 0. The highest BCUT2D eigenvalue weighted by atomic mass is 16.6. The van der Waals surface area contributed by atoms with E-state index in [2.05, 4.69) is 0 Å². The Morgan fingerprint density at radius 1 is 1.17 bits per heavy atom. The fourth-order valence-electron chi connectivity index (χ4n) is 1.63. The van der Waals surface area contributed by atoms with E-state index in [4.69, 9.17) is 4.74 Å². The highest BCUT2D eigenvalue weighted by Crippen LogP contribution is 2.18. The molecule has 0 spiro atoms. The van der Waals surface area contributed by atoms with Gasteiger partial charge in [-0.3, -0.25) is 10.1 Å². The maximum atomic E-state index is 10.5. The van der Waals surface area contributed by atoms with Gasteiger partial charge in [0.25, 0.3) is 5.69 Å². The SMILES string of the molecule is Cc1cccc(COc2ccc([N+](=O)[O-])cc2)c1. The molecule has 2 aromatic rings. The maximum absolute atomic E-state index is 10.5. The van der Waals surface area contributed by atoms with Crippen LogP contribution in [0.1, 0.15) is 11.1 Å². The van der Waals surface area contributed by atoms with Gasteiger partial charge in [0.1, 0.15) is 12.4 Å². The predicted molar refractivity (Wildman–Crippen MR) is 68.6 cm³/mol. The summed E-state index contributed by atoms with van der Waals surface area (Å²) in [4.78, 5) is 10.1. The number of nitro benzene ring substituents is 1. The smallest absolute Gasteiger partial charge is 0.269 e. The van der Waals surface area contributed by atoms with Crippen LogP contribution >= 0.6 is 0 Å². The second-order valence-electron chi connectivity index (χ2n) is 4.03. The Balaban J connectivity index is 2.00. The van der Waals surface area contributed by atoms with Gasteiger partial charge in [-0.25, -0.2) is 0 Å². The van der Waals surface area contributed by atoms with E-state index in [-0.39, 0.29) is 5.69 Å². The van der Waals surface area contributed by atoms with Crippen LogP contribution in [-0.4, -0.2) is 4.92 Å². The van der Waals surface area contributed by atoms with Gasteiger partial charge in [-0.15, -0.1) is 0 Å². The fourth-order valence-corrected chi connectivity index (χ4v) is 1.63. The molecule has 0 aliphatic heterocycles. The Hall–Kier alpha value is -2.36. The van der Waals surface area contributed by atoms with Gasteiger partial charge >= 0.3 is 0 Å². The lowest BCUT2D eigenvalue weighted by Gasteiger charge is -2.06. The van der Waals surface area contributed by atoms with Crippen LogP contribution in [0.4, 0.5) is 5.69 Å². The minimum atomic E-state index is -0.426. The van der Waals surface area contributed by atoms with Crippen molar-refractivity contribution in [3.05, 3.63) is 69.8 Å². The quantitative estimate of drug-likeness (QED) is 0.610. The highest BCUT2D eigenvalue weighted by molar-refractivity contribution is 5.36. The van der Waals surface area contributed by atoms with Crippen LogP contribution in [0, 0.1) is 17.0 Å². The predicted octanol–water partition coefficient (Wildman–Crippen LogP) is 3.48. The normalized spacial score (nSPS) is 10.1. The second kappa shape index (κ2) is 5.31. The molecule has 0 radical (unpaired) electrons. The van der Waals surface area contributed by atoms with E-state index in [1.54, 1.807) is 12.1 Å². The van der Waals surface area contributed by atoms with Crippen molar-refractivity contribution in [1.82, 2.24) is 0 Å². The molecule has 0 saturated heterocycles. The summed E-state index contributed by atoms with van der Waals surface area (Å²) in [6.45, 7) is 2.48. The van der Waals surface area contributed by atoms with Gasteiger partial charge in [0.2, 0.25) is 0 Å². The summed E-state index contributed by atoms with van der Waals surface area (Å²) in [5.41, 5.74) is 2.33. The Morgan fingerprint density at radius 2 is 1.89 bits per heavy atom. The average molecular weight is 243 g/mol. The molecule has 4 heteroatoms. The largest absolute Gasteiger partial charge is 0.489 e. The van der Waals surface area contributed by atoms with Crippen molar-refractivity contribution in [2.24, 2.45) is 0 Å². The van der Waals surface area contributed by atoms with Gasteiger partial charge < -0.3 is 4.74 Å². The first-order valence-electron chi connectivity index (χ1n) is 5.58. The molecule has 4 nitrogen and oxygen atoms in total. The van der Waals surface area contributed by atoms with E-state index in [1.807, 2.05) is 31.2 Å². The number of ether oxygens (including phenoxy) is 1. The maximum Gasteiger partial charge on any atom is 0.269 e. The number of hydrogen-bond acceptors (Lipinski definition) is 3. The molecule has 0 unspecified atom stereocenters. The molecule has 0 N–H and O–H groups in total. The fraction of sp³-hybridized carbons (Fsp3) is 0.143.